The summed E-state index contributed by atoms with van der Waals surface area (Å²) in [6.45, 7) is 2.70. The molecule has 2 heterocycles. The van der Waals surface area contributed by atoms with Crippen LogP contribution in [0.2, 0.25) is 0 Å². The van der Waals surface area contributed by atoms with E-state index in [-0.39, 0.29) is 29.5 Å². The molecule has 1 aromatic rings. The molecule has 0 radical (unpaired) electrons. The van der Waals surface area contributed by atoms with Crippen molar-refractivity contribution in [3.05, 3.63) is 29.8 Å². The van der Waals surface area contributed by atoms with E-state index in [0.29, 0.717) is 18.7 Å². The zero-order valence-electron chi connectivity index (χ0n) is 14.0. The van der Waals surface area contributed by atoms with Gasteiger partial charge in [-0.3, -0.25) is 14.5 Å². The van der Waals surface area contributed by atoms with Gasteiger partial charge in [-0.15, -0.1) is 13.2 Å². The molecule has 6 nitrogen and oxygen atoms in total. The van der Waals surface area contributed by atoms with Crippen molar-refractivity contribution in [1.82, 2.24) is 9.80 Å². The fourth-order valence-corrected chi connectivity index (χ4v) is 3.38. The highest BCUT2D eigenvalue weighted by atomic mass is 19.4. The number of carbonyl (C=O) groups is 2. The summed E-state index contributed by atoms with van der Waals surface area (Å²) in [6.07, 6.45) is -3.28. The number of amides is 2. The number of halogens is 3. The molecule has 142 valence electrons. The summed E-state index contributed by atoms with van der Waals surface area (Å²) in [6, 6.07) is 5.17. The first-order valence-electron chi connectivity index (χ1n) is 8.41. The lowest BCUT2D eigenvalue weighted by atomic mass is 9.93. The van der Waals surface area contributed by atoms with Crippen molar-refractivity contribution in [3.63, 3.8) is 0 Å². The summed E-state index contributed by atoms with van der Waals surface area (Å²) in [5.41, 5.74) is 5.65. The van der Waals surface area contributed by atoms with Crippen molar-refractivity contribution >= 4 is 11.8 Å². The Labute approximate surface area is 148 Å². The lowest BCUT2D eigenvalue weighted by Gasteiger charge is -2.47. The minimum atomic E-state index is -4.75. The highest BCUT2D eigenvalue weighted by Gasteiger charge is 2.37. The van der Waals surface area contributed by atoms with Crippen LogP contribution >= 0.6 is 0 Å². The van der Waals surface area contributed by atoms with Gasteiger partial charge in [0.1, 0.15) is 5.75 Å². The quantitative estimate of drug-likeness (QED) is 0.873. The second kappa shape index (κ2) is 7.14. The maximum atomic E-state index is 12.4. The first kappa shape index (κ1) is 18.5. The molecule has 0 saturated carbocycles. The number of piperidine rings is 1. The number of hydrogen-bond donors (Lipinski definition) is 1. The van der Waals surface area contributed by atoms with Gasteiger partial charge in [0, 0.05) is 30.6 Å². The number of alkyl halides is 3. The van der Waals surface area contributed by atoms with Crippen LogP contribution in [-0.2, 0) is 4.79 Å². The van der Waals surface area contributed by atoms with Gasteiger partial charge in [-0.05, 0) is 50.2 Å². The number of nitrogens with zero attached hydrogens (tertiary/aromatic N) is 2. The van der Waals surface area contributed by atoms with E-state index >= 15 is 0 Å². The fraction of sp³-hybridized carbons (Fsp3) is 0.529. The molecule has 0 unspecified atom stereocenters. The smallest absolute Gasteiger partial charge is 0.406 e. The topological polar surface area (TPSA) is 75.9 Å². The van der Waals surface area contributed by atoms with Gasteiger partial charge >= 0.3 is 6.36 Å². The summed E-state index contributed by atoms with van der Waals surface area (Å²) >= 11 is 0. The Morgan fingerprint density at radius 1 is 1.08 bits per heavy atom. The molecular formula is C17H20F3N3O3. The van der Waals surface area contributed by atoms with Crippen LogP contribution in [-0.4, -0.2) is 60.2 Å². The van der Waals surface area contributed by atoms with Crippen LogP contribution < -0.4 is 10.5 Å². The molecule has 0 aliphatic carbocycles. The number of nitrogens with two attached hydrogens (primary N) is 1. The Morgan fingerprint density at radius 3 is 2.15 bits per heavy atom. The molecule has 2 amide bonds. The summed E-state index contributed by atoms with van der Waals surface area (Å²) in [7, 11) is 0. The molecule has 3 rings (SSSR count). The Kier molecular flexibility index (Phi) is 5.08. The number of likely N-dealkylation sites (tertiary alicyclic amines) is 2. The third kappa shape index (κ3) is 4.27. The summed E-state index contributed by atoms with van der Waals surface area (Å²) < 4.78 is 40.3. The number of carbonyl (C=O) groups excluding carboxylic acids is 2. The second-order valence-electron chi connectivity index (χ2n) is 6.65. The van der Waals surface area contributed by atoms with Gasteiger partial charge in [0.2, 0.25) is 5.91 Å². The van der Waals surface area contributed by atoms with Gasteiger partial charge in [0.15, 0.2) is 0 Å². The lowest BCUT2D eigenvalue weighted by Crippen LogP contribution is -2.62. The maximum absolute atomic E-state index is 12.4. The van der Waals surface area contributed by atoms with E-state index in [1.807, 2.05) is 0 Å². The zero-order valence-corrected chi connectivity index (χ0v) is 14.0. The Hall–Kier alpha value is -2.29. The Bertz CT molecular complexity index is 664. The number of primary amides is 1. The molecule has 0 spiro atoms. The minimum absolute atomic E-state index is 0.0681. The number of benzene rings is 1. The van der Waals surface area contributed by atoms with E-state index in [4.69, 9.17) is 5.73 Å². The molecule has 2 saturated heterocycles. The second-order valence-corrected chi connectivity index (χ2v) is 6.65. The third-order valence-electron chi connectivity index (χ3n) is 4.93. The van der Waals surface area contributed by atoms with Crippen LogP contribution in [0.5, 0.6) is 5.75 Å². The highest BCUT2D eigenvalue weighted by Crippen LogP contribution is 2.26. The van der Waals surface area contributed by atoms with Crippen LogP contribution in [0.25, 0.3) is 0 Å². The van der Waals surface area contributed by atoms with Crippen LogP contribution in [0, 0.1) is 5.92 Å². The van der Waals surface area contributed by atoms with Gasteiger partial charge in [0.05, 0.1) is 0 Å². The van der Waals surface area contributed by atoms with E-state index in [9.17, 15) is 22.8 Å². The maximum Gasteiger partial charge on any atom is 0.573 e. The highest BCUT2D eigenvalue weighted by molar-refractivity contribution is 5.95. The predicted molar refractivity (Wildman–Crippen MR) is 86.3 cm³/mol. The normalized spacial score (nSPS) is 19.9. The molecule has 2 aliphatic rings. The summed E-state index contributed by atoms with van der Waals surface area (Å²) in [5, 5.41) is 0. The molecule has 0 aromatic heterocycles. The molecule has 2 aliphatic heterocycles. The van der Waals surface area contributed by atoms with Gasteiger partial charge in [-0.1, -0.05) is 0 Å². The molecule has 26 heavy (non-hydrogen) atoms. The molecule has 2 N–H and O–H groups in total. The minimum Gasteiger partial charge on any atom is -0.406 e. The molecule has 0 bridgehead atoms. The van der Waals surface area contributed by atoms with Crippen molar-refractivity contribution in [2.75, 3.05) is 26.2 Å². The van der Waals surface area contributed by atoms with Crippen LogP contribution in [0.1, 0.15) is 23.2 Å². The van der Waals surface area contributed by atoms with Crippen molar-refractivity contribution in [2.45, 2.75) is 25.2 Å². The van der Waals surface area contributed by atoms with Crippen molar-refractivity contribution in [1.29, 1.82) is 0 Å². The molecular weight excluding hydrogens is 351 g/mol. The largest absolute Gasteiger partial charge is 0.573 e. The number of hydrogen-bond acceptors (Lipinski definition) is 4. The fourth-order valence-electron chi connectivity index (χ4n) is 3.38. The average Bonchev–Trinajstić information content (AvgIpc) is 2.53. The molecule has 9 heteroatoms. The van der Waals surface area contributed by atoms with E-state index in [2.05, 4.69) is 9.64 Å². The SMILES string of the molecule is NC(=O)C1CCN(C2CN(C(=O)c3ccc(OC(F)(F)F)cc3)C2)CC1. The van der Waals surface area contributed by atoms with Gasteiger partial charge in [-0.2, -0.15) is 0 Å². The van der Waals surface area contributed by atoms with E-state index in [1.165, 1.54) is 12.1 Å². The third-order valence-corrected chi connectivity index (χ3v) is 4.93. The van der Waals surface area contributed by atoms with Crippen molar-refractivity contribution in [2.24, 2.45) is 11.7 Å². The van der Waals surface area contributed by atoms with Crippen LogP contribution in [0.15, 0.2) is 24.3 Å². The molecule has 1 aromatic carbocycles. The molecule has 0 atom stereocenters. The van der Waals surface area contributed by atoms with Gasteiger partial charge < -0.3 is 15.4 Å². The van der Waals surface area contributed by atoms with Crippen molar-refractivity contribution < 1.29 is 27.5 Å². The Balaban J connectivity index is 1.48. The predicted octanol–water partition coefficient (Wildman–Crippen LogP) is 1.61. The summed E-state index contributed by atoms with van der Waals surface area (Å²) in [5.74, 6) is -0.894. The first-order chi connectivity index (χ1) is 12.2. The van der Waals surface area contributed by atoms with Crippen LogP contribution in [0.4, 0.5) is 13.2 Å². The number of ether oxygens (including phenoxy) is 1. The van der Waals surface area contributed by atoms with Gasteiger partial charge in [0.25, 0.3) is 5.91 Å². The lowest BCUT2D eigenvalue weighted by molar-refractivity contribution is -0.274. The molecule has 2 fully saturated rings. The van der Waals surface area contributed by atoms with Crippen molar-refractivity contribution in [3.8, 4) is 5.75 Å². The average molecular weight is 371 g/mol. The monoisotopic (exact) mass is 371 g/mol. The van der Waals surface area contributed by atoms with E-state index < -0.39 is 6.36 Å². The standard InChI is InChI=1S/C17H20F3N3O3/c18-17(19,20)26-14-3-1-12(2-4-14)16(25)23-9-13(10-23)22-7-5-11(6-8-22)15(21)24/h1-4,11,13H,5-10H2,(H2,21,24). The Morgan fingerprint density at radius 2 is 1.65 bits per heavy atom. The van der Waals surface area contributed by atoms with E-state index in [0.717, 1.165) is 38.1 Å². The van der Waals surface area contributed by atoms with Gasteiger partial charge in [-0.25, -0.2) is 0 Å². The van der Waals surface area contributed by atoms with E-state index in [1.54, 1.807) is 4.90 Å². The zero-order chi connectivity index (χ0) is 18.9. The number of rotatable bonds is 4. The summed E-state index contributed by atoms with van der Waals surface area (Å²) in [4.78, 5) is 27.5. The first-order valence-corrected chi connectivity index (χ1v) is 8.41. The van der Waals surface area contributed by atoms with Crippen LogP contribution in [0.3, 0.4) is 0 Å².